The number of imidazole rings is 1. The molecule has 2 aromatic heterocycles. The second-order valence-corrected chi connectivity index (χ2v) is 8.57. The van der Waals surface area contributed by atoms with E-state index in [1.54, 1.807) is 18.3 Å². The third-order valence-electron chi connectivity index (χ3n) is 5.84. The zero-order valence-corrected chi connectivity index (χ0v) is 17.7. The summed E-state index contributed by atoms with van der Waals surface area (Å²) in [5.74, 6) is -1.79. The maximum absolute atomic E-state index is 14.0. The summed E-state index contributed by atoms with van der Waals surface area (Å²) in [4.78, 5) is 16.8. The van der Waals surface area contributed by atoms with Crippen LogP contribution in [0, 0.1) is 5.82 Å². The summed E-state index contributed by atoms with van der Waals surface area (Å²) < 4.78 is 66.2. The first kappa shape index (κ1) is 22.3. The Labute approximate surface area is 181 Å². The van der Waals surface area contributed by atoms with E-state index in [0.29, 0.717) is 29.3 Å². The van der Waals surface area contributed by atoms with Crippen LogP contribution < -0.4 is 10.8 Å². The van der Waals surface area contributed by atoms with Gasteiger partial charge in [-0.15, -0.1) is 0 Å². The van der Waals surface area contributed by atoms with Gasteiger partial charge >= 0.3 is 13.3 Å². The van der Waals surface area contributed by atoms with Crippen LogP contribution in [0.2, 0.25) is 0 Å². The Hall–Kier alpha value is -2.92. The molecule has 3 heterocycles. The lowest BCUT2D eigenvalue weighted by molar-refractivity contribution is -0.137. The lowest BCUT2D eigenvalue weighted by atomic mass is 9.80. The Morgan fingerprint density at radius 2 is 1.75 bits per heavy atom. The lowest BCUT2D eigenvalue weighted by Gasteiger charge is -2.32. The van der Waals surface area contributed by atoms with E-state index in [1.807, 2.05) is 27.7 Å². The molecule has 3 aromatic rings. The number of carbonyl (C=O) groups excluding carboxylic acids is 1. The van der Waals surface area contributed by atoms with Crippen molar-refractivity contribution in [3.05, 3.63) is 59.8 Å². The molecular weight excluding hydrogens is 429 g/mol. The normalized spacial score (nSPS) is 17.7. The molecule has 0 atom stereocenters. The summed E-state index contributed by atoms with van der Waals surface area (Å²) in [5, 5.41) is 2.18. The van der Waals surface area contributed by atoms with Crippen LogP contribution in [-0.2, 0) is 15.5 Å². The third-order valence-corrected chi connectivity index (χ3v) is 5.84. The van der Waals surface area contributed by atoms with Crippen molar-refractivity contribution in [3.8, 4) is 0 Å². The average Bonchev–Trinajstić information content (AvgIpc) is 3.19. The SMILES string of the molecule is CC1(C)OB(c2ccn3c(C(=O)Nc4cc(C(F)(F)F)ccc4F)cnc3c2)OC1(C)C. The van der Waals surface area contributed by atoms with E-state index >= 15 is 0 Å². The average molecular weight is 449 g/mol. The van der Waals surface area contributed by atoms with Crippen LogP contribution in [0.1, 0.15) is 43.7 Å². The maximum Gasteiger partial charge on any atom is 0.495 e. The van der Waals surface area contributed by atoms with Crippen molar-refractivity contribution in [1.29, 1.82) is 0 Å². The number of alkyl halides is 3. The molecule has 6 nitrogen and oxygen atoms in total. The van der Waals surface area contributed by atoms with Gasteiger partial charge in [0, 0.05) is 6.20 Å². The molecule has 0 unspecified atom stereocenters. The van der Waals surface area contributed by atoms with Crippen molar-refractivity contribution in [2.24, 2.45) is 0 Å². The Bertz CT molecular complexity index is 1190. The van der Waals surface area contributed by atoms with Gasteiger partial charge in [-0.1, -0.05) is 0 Å². The number of nitrogens with one attached hydrogen (secondary N) is 1. The molecule has 0 saturated carbocycles. The Morgan fingerprint density at radius 1 is 1.09 bits per heavy atom. The lowest BCUT2D eigenvalue weighted by Crippen LogP contribution is -2.41. The number of fused-ring (bicyclic) bond motifs is 1. The standard InChI is InChI=1S/C21H20BF4N3O3/c1-19(2)20(3,4)32-22(31-19)13-7-8-29-16(11-27-17(29)10-13)18(30)28-15-9-12(21(24,25)26)5-6-14(15)23/h5-11H,1-4H3,(H,28,30). The molecule has 1 N–H and O–H groups in total. The van der Waals surface area contributed by atoms with Crippen LogP contribution >= 0.6 is 0 Å². The van der Waals surface area contributed by atoms with Crippen LogP contribution in [0.25, 0.3) is 5.65 Å². The topological polar surface area (TPSA) is 64.9 Å². The minimum atomic E-state index is -4.67. The van der Waals surface area contributed by atoms with Crippen molar-refractivity contribution in [2.75, 3.05) is 5.32 Å². The smallest absolute Gasteiger partial charge is 0.399 e. The Balaban J connectivity index is 1.60. The molecule has 0 aliphatic carbocycles. The van der Waals surface area contributed by atoms with Crippen LogP contribution in [0.5, 0.6) is 0 Å². The molecule has 11 heteroatoms. The second kappa shape index (κ2) is 7.31. The maximum atomic E-state index is 14.0. The number of anilines is 1. The van der Waals surface area contributed by atoms with E-state index in [1.165, 1.54) is 10.6 Å². The van der Waals surface area contributed by atoms with Gasteiger partial charge in [-0.25, -0.2) is 9.37 Å². The van der Waals surface area contributed by atoms with Crippen LogP contribution in [0.4, 0.5) is 23.2 Å². The van der Waals surface area contributed by atoms with E-state index in [0.717, 1.165) is 0 Å². The van der Waals surface area contributed by atoms with Gasteiger partial charge in [-0.05, 0) is 63.5 Å². The first-order valence-corrected chi connectivity index (χ1v) is 9.79. The molecule has 32 heavy (non-hydrogen) atoms. The molecular formula is C21H20BF4N3O3. The second-order valence-electron chi connectivity index (χ2n) is 8.57. The van der Waals surface area contributed by atoms with Gasteiger partial charge in [0.2, 0.25) is 0 Å². The highest BCUT2D eigenvalue weighted by Gasteiger charge is 2.51. The molecule has 4 rings (SSSR count). The fraction of sp³-hybridized carbons (Fsp3) is 0.333. The van der Waals surface area contributed by atoms with E-state index in [4.69, 9.17) is 9.31 Å². The third kappa shape index (κ3) is 3.86. The van der Waals surface area contributed by atoms with Gasteiger partial charge in [0.25, 0.3) is 5.91 Å². The largest absolute Gasteiger partial charge is 0.495 e. The Morgan fingerprint density at radius 3 is 2.38 bits per heavy atom. The van der Waals surface area contributed by atoms with Crippen molar-refractivity contribution in [2.45, 2.75) is 45.1 Å². The molecule has 1 saturated heterocycles. The summed E-state index contributed by atoms with van der Waals surface area (Å²) in [7, 11) is -0.627. The van der Waals surface area contributed by atoms with Gasteiger partial charge < -0.3 is 14.6 Å². The molecule has 1 aliphatic heterocycles. The molecule has 1 fully saturated rings. The molecule has 1 aliphatic rings. The highest BCUT2D eigenvalue weighted by molar-refractivity contribution is 6.62. The van der Waals surface area contributed by atoms with E-state index in [-0.39, 0.29) is 5.69 Å². The minimum Gasteiger partial charge on any atom is -0.399 e. The number of hydrogen-bond acceptors (Lipinski definition) is 4. The molecule has 1 amide bonds. The van der Waals surface area contributed by atoms with E-state index in [2.05, 4.69) is 10.3 Å². The van der Waals surface area contributed by atoms with E-state index in [9.17, 15) is 22.4 Å². The number of halogens is 4. The number of aromatic nitrogens is 2. The van der Waals surface area contributed by atoms with Crippen molar-refractivity contribution in [3.63, 3.8) is 0 Å². The predicted octanol–water partition coefficient (Wildman–Crippen LogP) is 4.04. The van der Waals surface area contributed by atoms with Crippen LogP contribution in [0.15, 0.2) is 42.7 Å². The number of benzene rings is 1. The van der Waals surface area contributed by atoms with Gasteiger partial charge in [0.15, 0.2) is 0 Å². The number of carbonyl (C=O) groups is 1. The number of rotatable bonds is 3. The highest BCUT2D eigenvalue weighted by atomic mass is 19.4. The highest BCUT2D eigenvalue weighted by Crippen LogP contribution is 2.36. The summed E-state index contributed by atoms with van der Waals surface area (Å²) in [6.45, 7) is 7.71. The first-order valence-electron chi connectivity index (χ1n) is 9.79. The summed E-state index contributed by atoms with van der Waals surface area (Å²) >= 11 is 0. The zero-order chi connectivity index (χ0) is 23.5. The molecule has 1 aromatic carbocycles. The number of pyridine rings is 1. The molecule has 0 radical (unpaired) electrons. The van der Waals surface area contributed by atoms with Gasteiger partial charge in [-0.2, -0.15) is 13.2 Å². The number of nitrogens with zero attached hydrogens (tertiary/aromatic N) is 2. The number of hydrogen-bond donors (Lipinski definition) is 1. The van der Waals surface area contributed by atoms with Crippen LogP contribution in [-0.4, -0.2) is 33.6 Å². The van der Waals surface area contributed by atoms with Crippen LogP contribution in [0.3, 0.4) is 0 Å². The predicted molar refractivity (Wildman–Crippen MR) is 110 cm³/mol. The fourth-order valence-electron chi connectivity index (χ4n) is 3.27. The number of amides is 1. The van der Waals surface area contributed by atoms with Gasteiger partial charge in [-0.3, -0.25) is 9.20 Å². The monoisotopic (exact) mass is 449 g/mol. The van der Waals surface area contributed by atoms with Gasteiger partial charge in [0.1, 0.15) is 17.2 Å². The minimum absolute atomic E-state index is 0.0253. The van der Waals surface area contributed by atoms with Crippen molar-refractivity contribution in [1.82, 2.24) is 9.38 Å². The zero-order valence-electron chi connectivity index (χ0n) is 17.7. The summed E-state index contributed by atoms with van der Waals surface area (Å²) in [6, 6.07) is 5.19. The Kier molecular flexibility index (Phi) is 5.09. The van der Waals surface area contributed by atoms with Gasteiger partial charge in [0.05, 0.1) is 28.6 Å². The quantitative estimate of drug-likeness (QED) is 0.485. The van der Waals surface area contributed by atoms with Crippen molar-refractivity contribution < 1.29 is 31.7 Å². The first-order chi connectivity index (χ1) is 14.8. The summed E-state index contributed by atoms with van der Waals surface area (Å²) in [6.07, 6.45) is -1.84. The van der Waals surface area contributed by atoms with Crippen molar-refractivity contribution >= 4 is 29.8 Å². The molecule has 0 bridgehead atoms. The fourth-order valence-corrected chi connectivity index (χ4v) is 3.27. The molecule has 0 spiro atoms. The molecule has 168 valence electrons. The summed E-state index contributed by atoms with van der Waals surface area (Å²) in [5.41, 5.74) is -1.59. The van der Waals surface area contributed by atoms with E-state index < -0.39 is 47.5 Å².